The van der Waals surface area contributed by atoms with Gasteiger partial charge in [0.25, 0.3) is 0 Å². The first-order valence-corrected chi connectivity index (χ1v) is 8.82. The van der Waals surface area contributed by atoms with Crippen molar-refractivity contribution >= 4 is 17.7 Å². The van der Waals surface area contributed by atoms with Crippen molar-refractivity contribution in [2.75, 3.05) is 19.0 Å². The van der Waals surface area contributed by atoms with Crippen LogP contribution in [0.1, 0.15) is 35.6 Å². The van der Waals surface area contributed by atoms with Crippen LogP contribution in [0.5, 0.6) is 11.5 Å². The van der Waals surface area contributed by atoms with Crippen LogP contribution in [-0.4, -0.2) is 19.6 Å². The van der Waals surface area contributed by atoms with Crippen LogP contribution in [0.2, 0.25) is 0 Å². The van der Waals surface area contributed by atoms with Gasteiger partial charge < -0.3 is 14.8 Å². The van der Waals surface area contributed by atoms with Crippen LogP contribution in [0.15, 0.2) is 36.4 Å². The number of carbonyl (C=O) groups is 1. The molecule has 0 aliphatic heterocycles. The molecular weight excluding hydrogens is 326 g/mol. The van der Waals surface area contributed by atoms with Gasteiger partial charge in [-0.25, -0.2) is 0 Å². The average molecular weight is 353 g/mol. The Balaban J connectivity index is 2.10. The number of methoxy groups -OCH3 is 1. The first-order valence-electron chi connectivity index (χ1n) is 8.82. The zero-order valence-electron chi connectivity index (χ0n) is 16.2. The van der Waals surface area contributed by atoms with Gasteiger partial charge in [-0.1, -0.05) is 30.7 Å². The van der Waals surface area contributed by atoms with Crippen molar-refractivity contribution in [1.29, 1.82) is 0 Å². The van der Waals surface area contributed by atoms with Crippen LogP contribution in [0.25, 0.3) is 6.08 Å². The number of hydrogen-bond acceptors (Lipinski definition) is 3. The molecule has 0 bridgehead atoms. The van der Waals surface area contributed by atoms with Gasteiger partial charge in [0.2, 0.25) is 5.91 Å². The highest BCUT2D eigenvalue weighted by Gasteiger charge is 2.07. The Labute approximate surface area is 155 Å². The summed E-state index contributed by atoms with van der Waals surface area (Å²) in [6.45, 7) is 8.74. The Kier molecular flexibility index (Phi) is 6.84. The molecule has 4 nitrogen and oxygen atoms in total. The highest BCUT2D eigenvalue weighted by atomic mass is 16.5. The number of ether oxygens (including phenoxy) is 2. The van der Waals surface area contributed by atoms with Crippen molar-refractivity contribution in [1.82, 2.24) is 0 Å². The quantitative estimate of drug-likeness (QED) is 0.708. The molecule has 0 atom stereocenters. The molecule has 0 aliphatic rings. The summed E-state index contributed by atoms with van der Waals surface area (Å²) in [5.41, 5.74) is 5.04. The summed E-state index contributed by atoms with van der Waals surface area (Å²) >= 11 is 0. The molecule has 0 unspecified atom stereocenters. The van der Waals surface area contributed by atoms with E-state index < -0.39 is 0 Å². The van der Waals surface area contributed by atoms with Crippen molar-refractivity contribution in [2.24, 2.45) is 0 Å². The lowest BCUT2D eigenvalue weighted by molar-refractivity contribution is -0.111. The fraction of sp³-hybridized carbons (Fsp3) is 0.318. The van der Waals surface area contributed by atoms with Crippen molar-refractivity contribution < 1.29 is 14.3 Å². The van der Waals surface area contributed by atoms with Crippen LogP contribution < -0.4 is 14.8 Å². The Morgan fingerprint density at radius 3 is 2.38 bits per heavy atom. The molecule has 1 N–H and O–H groups in total. The monoisotopic (exact) mass is 353 g/mol. The van der Waals surface area contributed by atoms with Crippen molar-refractivity contribution in [2.45, 2.75) is 34.1 Å². The zero-order valence-corrected chi connectivity index (χ0v) is 16.2. The molecular formula is C22H27NO3. The molecule has 26 heavy (non-hydrogen) atoms. The minimum absolute atomic E-state index is 0.162. The van der Waals surface area contributed by atoms with Gasteiger partial charge in [-0.15, -0.1) is 0 Å². The average Bonchev–Trinajstić information content (AvgIpc) is 2.61. The molecule has 4 heteroatoms. The van der Waals surface area contributed by atoms with Gasteiger partial charge in [-0.05, 0) is 62.1 Å². The van der Waals surface area contributed by atoms with Gasteiger partial charge in [-0.3, -0.25) is 4.79 Å². The Bertz CT molecular complexity index is 786. The number of aryl methyl sites for hydroxylation is 3. The van der Waals surface area contributed by atoms with E-state index >= 15 is 0 Å². The van der Waals surface area contributed by atoms with E-state index in [0.717, 1.165) is 28.8 Å². The first-order chi connectivity index (χ1) is 12.4. The molecule has 138 valence electrons. The summed E-state index contributed by atoms with van der Waals surface area (Å²) in [7, 11) is 1.61. The molecule has 2 aromatic rings. The lowest BCUT2D eigenvalue weighted by Gasteiger charge is -2.12. The Hall–Kier alpha value is -2.75. The fourth-order valence-corrected chi connectivity index (χ4v) is 2.83. The molecule has 0 saturated heterocycles. The van der Waals surface area contributed by atoms with E-state index in [-0.39, 0.29) is 5.91 Å². The number of nitrogens with one attached hydrogen (secondary N) is 1. The standard InChI is InChI=1S/C22H27NO3/c1-6-11-26-19-9-7-18(14-20(19)25-5)8-10-21(24)23-22-16(3)12-15(2)13-17(22)4/h7-10,12-14H,6,11H2,1-5H3,(H,23,24). The van der Waals surface area contributed by atoms with E-state index in [0.29, 0.717) is 18.1 Å². The van der Waals surface area contributed by atoms with Crippen LogP contribution >= 0.6 is 0 Å². The van der Waals surface area contributed by atoms with Crippen LogP contribution in [0.4, 0.5) is 5.69 Å². The third-order valence-corrected chi connectivity index (χ3v) is 4.00. The number of carbonyl (C=O) groups excluding carboxylic acids is 1. The third kappa shape index (κ3) is 5.12. The van der Waals surface area contributed by atoms with E-state index in [9.17, 15) is 4.79 Å². The molecule has 0 aliphatic carbocycles. The molecule has 0 radical (unpaired) electrons. The number of benzene rings is 2. The molecule has 2 rings (SSSR count). The zero-order chi connectivity index (χ0) is 19.1. The summed E-state index contributed by atoms with van der Waals surface area (Å²) in [5.74, 6) is 1.21. The Morgan fingerprint density at radius 1 is 1.08 bits per heavy atom. The molecule has 2 aromatic carbocycles. The topological polar surface area (TPSA) is 47.6 Å². The van der Waals surface area contributed by atoms with Gasteiger partial charge in [-0.2, -0.15) is 0 Å². The van der Waals surface area contributed by atoms with E-state index in [1.165, 1.54) is 11.6 Å². The molecule has 0 aromatic heterocycles. The minimum Gasteiger partial charge on any atom is -0.493 e. The summed E-state index contributed by atoms with van der Waals surface area (Å²) in [6.07, 6.45) is 4.23. The highest BCUT2D eigenvalue weighted by Crippen LogP contribution is 2.28. The van der Waals surface area contributed by atoms with Gasteiger partial charge in [0.1, 0.15) is 0 Å². The number of rotatable bonds is 7. The van der Waals surface area contributed by atoms with Crippen LogP contribution in [0, 0.1) is 20.8 Å². The smallest absolute Gasteiger partial charge is 0.248 e. The molecule has 0 heterocycles. The van der Waals surface area contributed by atoms with E-state index in [2.05, 4.69) is 24.4 Å². The van der Waals surface area contributed by atoms with Crippen LogP contribution in [-0.2, 0) is 4.79 Å². The number of anilines is 1. The van der Waals surface area contributed by atoms with E-state index in [4.69, 9.17) is 9.47 Å². The maximum Gasteiger partial charge on any atom is 0.248 e. The van der Waals surface area contributed by atoms with E-state index in [1.807, 2.05) is 39.0 Å². The predicted molar refractivity (Wildman–Crippen MR) is 107 cm³/mol. The van der Waals surface area contributed by atoms with Gasteiger partial charge in [0, 0.05) is 11.8 Å². The number of amides is 1. The van der Waals surface area contributed by atoms with E-state index in [1.54, 1.807) is 13.2 Å². The maximum atomic E-state index is 12.3. The largest absolute Gasteiger partial charge is 0.493 e. The van der Waals surface area contributed by atoms with Gasteiger partial charge in [0.15, 0.2) is 11.5 Å². The first kappa shape index (κ1) is 19.6. The minimum atomic E-state index is -0.162. The fourth-order valence-electron chi connectivity index (χ4n) is 2.83. The second kappa shape index (κ2) is 9.09. The summed E-state index contributed by atoms with van der Waals surface area (Å²) in [4.78, 5) is 12.3. The Morgan fingerprint density at radius 2 is 1.77 bits per heavy atom. The lowest BCUT2D eigenvalue weighted by atomic mass is 10.1. The van der Waals surface area contributed by atoms with Gasteiger partial charge in [0.05, 0.1) is 13.7 Å². The highest BCUT2D eigenvalue weighted by molar-refractivity contribution is 6.02. The summed E-state index contributed by atoms with van der Waals surface area (Å²) < 4.78 is 11.0. The van der Waals surface area contributed by atoms with Crippen molar-refractivity contribution in [3.8, 4) is 11.5 Å². The molecule has 0 saturated carbocycles. The molecule has 0 fully saturated rings. The van der Waals surface area contributed by atoms with Crippen LogP contribution in [0.3, 0.4) is 0 Å². The molecule has 0 spiro atoms. The molecule has 1 amide bonds. The number of hydrogen-bond donors (Lipinski definition) is 1. The van der Waals surface area contributed by atoms with Crippen molar-refractivity contribution in [3.05, 3.63) is 58.7 Å². The lowest BCUT2D eigenvalue weighted by Crippen LogP contribution is -2.10. The summed E-state index contributed by atoms with van der Waals surface area (Å²) in [5, 5.41) is 2.96. The summed E-state index contributed by atoms with van der Waals surface area (Å²) in [6, 6.07) is 9.75. The maximum absolute atomic E-state index is 12.3. The van der Waals surface area contributed by atoms with Crippen molar-refractivity contribution in [3.63, 3.8) is 0 Å². The van der Waals surface area contributed by atoms with Gasteiger partial charge >= 0.3 is 0 Å². The normalized spacial score (nSPS) is 10.8. The third-order valence-electron chi connectivity index (χ3n) is 4.00. The second-order valence-electron chi connectivity index (χ2n) is 6.36. The second-order valence-corrected chi connectivity index (χ2v) is 6.36. The predicted octanol–water partition coefficient (Wildman–Crippen LogP) is 5.06. The SMILES string of the molecule is CCCOc1ccc(C=CC(=O)Nc2c(C)cc(C)cc2C)cc1OC.